The van der Waals surface area contributed by atoms with Gasteiger partial charge in [0, 0.05) is 23.0 Å². The quantitative estimate of drug-likeness (QED) is 0.767. The van der Waals surface area contributed by atoms with Crippen LogP contribution in [0.25, 0.3) is 11.6 Å². The van der Waals surface area contributed by atoms with Crippen molar-refractivity contribution in [2.24, 2.45) is 0 Å². The van der Waals surface area contributed by atoms with Gasteiger partial charge in [0.05, 0.1) is 5.57 Å². The van der Waals surface area contributed by atoms with Gasteiger partial charge in [-0.2, -0.15) is 5.26 Å². The molecule has 4 nitrogen and oxygen atoms in total. The SMILES string of the molecule is N#C/C(=C\c1ccc(Cl)cc1Cl)c1nnc2n1CCCCC2. The van der Waals surface area contributed by atoms with Gasteiger partial charge in [-0.15, -0.1) is 10.2 Å². The Kier molecular flexibility index (Phi) is 4.47. The molecular formula is C16H14Cl2N4. The molecular weight excluding hydrogens is 319 g/mol. The molecule has 0 radical (unpaired) electrons. The molecule has 3 rings (SSSR count). The number of nitriles is 1. The second kappa shape index (κ2) is 6.51. The predicted molar refractivity (Wildman–Crippen MR) is 87.5 cm³/mol. The molecule has 6 heteroatoms. The van der Waals surface area contributed by atoms with Gasteiger partial charge >= 0.3 is 0 Å². The van der Waals surface area contributed by atoms with Crippen molar-refractivity contribution in [1.29, 1.82) is 5.26 Å². The minimum Gasteiger partial charge on any atom is -0.310 e. The van der Waals surface area contributed by atoms with E-state index in [9.17, 15) is 5.26 Å². The summed E-state index contributed by atoms with van der Waals surface area (Å²) in [6.07, 6.45) is 6.02. The molecule has 0 saturated heterocycles. The summed E-state index contributed by atoms with van der Waals surface area (Å²) in [5, 5.41) is 19.0. The Labute approximate surface area is 139 Å². The van der Waals surface area contributed by atoms with E-state index in [4.69, 9.17) is 23.2 Å². The molecule has 112 valence electrons. The number of nitrogens with zero attached hydrogens (tertiary/aromatic N) is 4. The number of hydrogen-bond acceptors (Lipinski definition) is 3. The zero-order valence-corrected chi connectivity index (χ0v) is 13.4. The van der Waals surface area contributed by atoms with E-state index >= 15 is 0 Å². The number of hydrogen-bond donors (Lipinski definition) is 0. The molecule has 0 spiro atoms. The summed E-state index contributed by atoms with van der Waals surface area (Å²) in [4.78, 5) is 0. The second-order valence-corrected chi connectivity index (χ2v) is 6.08. The van der Waals surface area contributed by atoms with Gasteiger partial charge in [0.15, 0.2) is 5.82 Å². The predicted octanol–water partition coefficient (Wildman–Crippen LogP) is 4.38. The lowest BCUT2D eigenvalue weighted by Gasteiger charge is -2.06. The van der Waals surface area contributed by atoms with Crippen molar-refractivity contribution in [2.75, 3.05) is 0 Å². The van der Waals surface area contributed by atoms with Crippen LogP contribution in [0.15, 0.2) is 18.2 Å². The molecule has 1 aromatic heterocycles. The summed E-state index contributed by atoms with van der Waals surface area (Å²) >= 11 is 12.1. The van der Waals surface area contributed by atoms with Crippen LogP contribution >= 0.6 is 23.2 Å². The third-order valence-corrected chi connectivity index (χ3v) is 4.30. The van der Waals surface area contributed by atoms with Crippen LogP contribution in [0.1, 0.15) is 36.5 Å². The van der Waals surface area contributed by atoms with Crippen molar-refractivity contribution in [3.63, 3.8) is 0 Å². The molecule has 0 atom stereocenters. The fourth-order valence-corrected chi connectivity index (χ4v) is 3.07. The molecule has 2 aromatic rings. The number of halogens is 2. The summed E-state index contributed by atoms with van der Waals surface area (Å²) < 4.78 is 2.05. The fourth-order valence-electron chi connectivity index (χ4n) is 2.61. The number of allylic oxidation sites excluding steroid dienone is 1. The van der Waals surface area contributed by atoms with Crippen molar-refractivity contribution in [3.05, 3.63) is 45.5 Å². The number of aryl methyl sites for hydroxylation is 1. The van der Waals surface area contributed by atoms with Gasteiger partial charge in [-0.1, -0.05) is 35.7 Å². The molecule has 0 unspecified atom stereocenters. The summed E-state index contributed by atoms with van der Waals surface area (Å²) in [5.41, 5.74) is 1.21. The number of benzene rings is 1. The molecule has 0 bridgehead atoms. The van der Waals surface area contributed by atoms with Crippen LogP contribution in [-0.2, 0) is 13.0 Å². The lowest BCUT2D eigenvalue weighted by atomic mass is 10.1. The molecule has 0 aliphatic carbocycles. The fraction of sp³-hybridized carbons (Fsp3) is 0.312. The Hall–Kier alpha value is -1.83. The molecule has 1 aromatic carbocycles. The Morgan fingerprint density at radius 1 is 1.23 bits per heavy atom. The highest BCUT2D eigenvalue weighted by atomic mass is 35.5. The van der Waals surface area contributed by atoms with Crippen LogP contribution < -0.4 is 0 Å². The Morgan fingerprint density at radius 3 is 2.86 bits per heavy atom. The maximum Gasteiger partial charge on any atom is 0.174 e. The minimum atomic E-state index is 0.463. The molecule has 22 heavy (non-hydrogen) atoms. The number of fused-ring (bicyclic) bond motifs is 1. The maximum atomic E-state index is 9.51. The van der Waals surface area contributed by atoms with Crippen molar-refractivity contribution in [1.82, 2.24) is 14.8 Å². The van der Waals surface area contributed by atoms with Gasteiger partial charge in [0.2, 0.25) is 0 Å². The van der Waals surface area contributed by atoms with E-state index in [1.54, 1.807) is 24.3 Å². The third-order valence-electron chi connectivity index (χ3n) is 3.73. The van der Waals surface area contributed by atoms with E-state index in [0.717, 1.165) is 37.2 Å². The Balaban J connectivity index is 2.03. The van der Waals surface area contributed by atoms with Gasteiger partial charge in [-0.25, -0.2) is 0 Å². The largest absolute Gasteiger partial charge is 0.310 e. The van der Waals surface area contributed by atoms with Crippen LogP contribution in [0.4, 0.5) is 0 Å². The van der Waals surface area contributed by atoms with Crippen LogP contribution in [0.3, 0.4) is 0 Å². The molecule has 2 heterocycles. The molecule has 1 aliphatic heterocycles. The monoisotopic (exact) mass is 332 g/mol. The van der Waals surface area contributed by atoms with Crippen molar-refractivity contribution >= 4 is 34.9 Å². The van der Waals surface area contributed by atoms with Crippen LogP contribution in [0.2, 0.25) is 10.0 Å². The first-order valence-electron chi connectivity index (χ1n) is 7.18. The van der Waals surface area contributed by atoms with Crippen molar-refractivity contribution < 1.29 is 0 Å². The molecule has 0 fully saturated rings. The Bertz CT molecular complexity index is 771. The van der Waals surface area contributed by atoms with Crippen LogP contribution in [-0.4, -0.2) is 14.8 Å². The van der Waals surface area contributed by atoms with Crippen LogP contribution in [0, 0.1) is 11.3 Å². The van der Waals surface area contributed by atoms with E-state index in [0.29, 0.717) is 21.4 Å². The molecule has 0 N–H and O–H groups in total. The molecule has 0 amide bonds. The van der Waals surface area contributed by atoms with Crippen molar-refractivity contribution in [2.45, 2.75) is 32.2 Å². The first-order chi connectivity index (χ1) is 10.7. The standard InChI is InChI=1S/C16H14Cl2N4/c17-13-6-5-11(14(18)9-13)8-12(10-19)16-21-20-15-4-2-1-3-7-22(15)16/h5-6,8-9H,1-4,7H2/b12-8+. The van der Waals surface area contributed by atoms with E-state index < -0.39 is 0 Å². The first-order valence-corrected chi connectivity index (χ1v) is 7.94. The lowest BCUT2D eigenvalue weighted by molar-refractivity contribution is 0.627. The first kappa shape index (κ1) is 15.1. The average Bonchev–Trinajstić information content (AvgIpc) is 2.75. The van der Waals surface area contributed by atoms with Gasteiger partial charge < -0.3 is 4.57 Å². The van der Waals surface area contributed by atoms with E-state index in [1.807, 2.05) is 4.57 Å². The third kappa shape index (κ3) is 3.01. The normalized spacial score (nSPS) is 15.0. The minimum absolute atomic E-state index is 0.463. The van der Waals surface area contributed by atoms with Crippen LogP contribution in [0.5, 0.6) is 0 Å². The zero-order valence-electron chi connectivity index (χ0n) is 11.9. The number of aromatic nitrogens is 3. The van der Waals surface area contributed by atoms with E-state index in [2.05, 4.69) is 16.3 Å². The van der Waals surface area contributed by atoms with Gasteiger partial charge in [-0.3, -0.25) is 0 Å². The van der Waals surface area contributed by atoms with E-state index in [1.165, 1.54) is 6.42 Å². The Morgan fingerprint density at radius 2 is 2.09 bits per heavy atom. The smallest absolute Gasteiger partial charge is 0.174 e. The highest BCUT2D eigenvalue weighted by Gasteiger charge is 2.17. The lowest BCUT2D eigenvalue weighted by Crippen LogP contribution is -2.05. The second-order valence-electron chi connectivity index (χ2n) is 5.24. The van der Waals surface area contributed by atoms with E-state index in [-0.39, 0.29) is 0 Å². The zero-order chi connectivity index (χ0) is 15.5. The van der Waals surface area contributed by atoms with Gasteiger partial charge in [0.25, 0.3) is 0 Å². The summed E-state index contributed by atoms with van der Waals surface area (Å²) in [5.74, 6) is 1.57. The summed E-state index contributed by atoms with van der Waals surface area (Å²) in [6, 6.07) is 7.41. The van der Waals surface area contributed by atoms with Gasteiger partial charge in [0.1, 0.15) is 11.9 Å². The summed E-state index contributed by atoms with van der Waals surface area (Å²) in [6.45, 7) is 0.852. The average molecular weight is 333 g/mol. The van der Waals surface area contributed by atoms with Gasteiger partial charge in [-0.05, 0) is 36.6 Å². The van der Waals surface area contributed by atoms with Crippen molar-refractivity contribution in [3.8, 4) is 6.07 Å². The highest BCUT2D eigenvalue weighted by molar-refractivity contribution is 6.35. The molecule has 0 saturated carbocycles. The summed E-state index contributed by atoms with van der Waals surface area (Å²) in [7, 11) is 0. The maximum absolute atomic E-state index is 9.51. The highest BCUT2D eigenvalue weighted by Crippen LogP contribution is 2.26. The topological polar surface area (TPSA) is 54.5 Å². The number of rotatable bonds is 2. The molecule has 1 aliphatic rings.